The molecule has 2 aromatic rings. The predicted octanol–water partition coefficient (Wildman–Crippen LogP) is 2.95. The minimum absolute atomic E-state index is 0.00861. The summed E-state index contributed by atoms with van der Waals surface area (Å²) in [5, 5.41) is 10.2. The van der Waals surface area contributed by atoms with Crippen molar-refractivity contribution in [2.45, 2.75) is 20.4 Å². The van der Waals surface area contributed by atoms with Crippen molar-refractivity contribution in [3.63, 3.8) is 0 Å². The first-order valence-corrected chi connectivity index (χ1v) is 8.39. The van der Waals surface area contributed by atoms with Gasteiger partial charge in [-0.1, -0.05) is 32.0 Å². The highest BCUT2D eigenvalue weighted by molar-refractivity contribution is 6.34. The minimum Gasteiger partial charge on any atom is -0.502 e. The van der Waals surface area contributed by atoms with Gasteiger partial charge in [-0.3, -0.25) is 19.5 Å². The fourth-order valence-electron chi connectivity index (χ4n) is 2.62. The zero-order chi connectivity index (χ0) is 18.7. The summed E-state index contributed by atoms with van der Waals surface area (Å²) >= 11 is 0. The second kappa shape index (κ2) is 7.39. The molecule has 1 aliphatic rings. The minimum atomic E-state index is -0.700. The number of ether oxygens (including phenoxy) is 1. The second-order valence-electron chi connectivity index (χ2n) is 6.51. The molecule has 0 atom stereocenters. The fraction of sp³-hybridized carbons (Fsp3) is 0.250. The highest BCUT2D eigenvalue weighted by Gasteiger charge is 2.39. The summed E-state index contributed by atoms with van der Waals surface area (Å²) < 4.78 is 5.61. The van der Waals surface area contributed by atoms with Gasteiger partial charge < -0.3 is 9.84 Å². The molecule has 6 nitrogen and oxygen atoms in total. The molecule has 0 aliphatic carbocycles. The third kappa shape index (κ3) is 3.59. The molecule has 0 unspecified atom stereocenters. The highest BCUT2D eigenvalue weighted by Crippen LogP contribution is 2.30. The van der Waals surface area contributed by atoms with E-state index in [0.29, 0.717) is 29.4 Å². The van der Waals surface area contributed by atoms with Crippen LogP contribution in [0.4, 0.5) is 0 Å². The van der Waals surface area contributed by atoms with Crippen molar-refractivity contribution in [2.24, 2.45) is 5.92 Å². The number of aromatic nitrogens is 1. The van der Waals surface area contributed by atoms with Crippen LogP contribution >= 0.6 is 0 Å². The summed E-state index contributed by atoms with van der Waals surface area (Å²) in [6.45, 7) is 4.76. The van der Waals surface area contributed by atoms with Crippen LogP contribution in [0.15, 0.2) is 54.6 Å². The molecular weight excluding hydrogens is 332 g/mol. The van der Waals surface area contributed by atoms with Gasteiger partial charge >= 0.3 is 0 Å². The van der Waals surface area contributed by atoms with Gasteiger partial charge in [-0.25, -0.2) is 0 Å². The van der Waals surface area contributed by atoms with E-state index in [2.05, 4.69) is 18.8 Å². The molecule has 0 radical (unpaired) electrons. The molecule has 1 aromatic carbocycles. The molecule has 3 rings (SSSR count). The van der Waals surface area contributed by atoms with Crippen LogP contribution < -0.4 is 4.74 Å². The first kappa shape index (κ1) is 17.7. The predicted molar refractivity (Wildman–Crippen MR) is 96.1 cm³/mol. The fourth-order valence-corrected chi connectivity index (χ4v) is 2.62. The second-order valence-corrected chi connectivity index (χ2v) is 6.51. The third-order valence-corrected chi connectivity index (χ3v) is 3.93. The quantitative estimate of drug-likeness (QED) is 0.809. The number of carbonyl (C=O) groups is 2. The maximum absolute atomic E-state index is 12.7. The standard InChI is InChI=1S/C20H20N2O4/c1-13(2)12-26-16-7-5-15(6-8-16)17-18(23)20(25)22(19(17)24)11-14-4-3-9-21-10-14/h3-10,13,23H,11-12H2,1-2H3. The summed E-state index contributed by atoms with van der Waals surface area (Å²) in [6, 6.07) is 10.3. The largest absolute Gasteiger partial charge is 0.502 e. The number of amides is 2. The topological polar surface area (TPSA) is 79.7 Å². The molecule has 6 heteroatoms. The van der Waals surface area contributed by atoms with Crippen molar-refractivity contribution in [1.82, 2.24) is 9.88 Å². The zero-order valence-corrected chi connectivity index (χ0v) is 14.7. The van der Waals surface area contributed by atoms with Crippen molar-refractivity contribution in [3.8, 4) is 5.75 Å². The van der Waals surface area contributed by atoms with Crippen LogP contribution in [0.5, 0.6) is 5.75 Å². The Bertz CT molecular complexity index is 842. The Morgan fingerprint density at radius 3 is 2.46 bits per heavy atom. The number of pyridine rings is 1. The number of aliphatic hydroxyl groups excluding tert-OH is 1. The van der Waals surface area contributed by atoms with Crippen molar-refractivity contribution in [3.05, 3.63) is 65.7 Å². The summed E-state index contributed by atoms with van der Waals surface area (Å²) in [4.78, 5) is 30.0. The number of rotatable bonds is 6. The molecule has 2 amide bonds. The van der Waals surface area contributed by atoms with Crippen LogP contribution in [0.2, 0.25) is 0 Å². The number of nitrogens with zero attached hydrogens (tertiary/aromatic N) is 2. The van der Waals surface area contributed by atoms with Crippen LogP contribution in [0.3, 0.4) is 0 Å². The summed E-state index contributed by atoms with van der Waals surface area (Å²) in [7, 11) is 0. The normalized spacial score (nSPS) is 14.5. The van der Waals surface area contributed by atoms with Gasteiger partial charge in [0.1, 0.15) is 5.75 Å². The average Bonchev–Trinajstić information content (AvgIpc) is 2.85. The van der Waals surface area contributed by atoms with E-state index in [1.54, 1.807) is 48.8 Å². The van der Waals surface area contributed by atoms with E-state index < -0.39 is 17.6 Å². The van der Waals surface area contributed by atoms with E-state index in [9.17, 15) is 14.7 Å². The van der Waals surface area contributed by atoms with E-state index in [-0.39, 0.29) is 12.1 Å². The van der Waals surface area contributed by atoms with Gasteiger partial charge in [-0.05, 0) is 35.2 Å². The van der Waals surface area contributed by atoms with E-state index in [0.717, 1.165) is 4.90 Å². The van der Waals surface area contributed by atoms with Crippen LogP contribution in [-0.4, -0.2) is 33.4 Å². The molecule has 1 aliphatic heterocycles. The first-order valence-electron chi connectivity index (χ1n) is 8.39. The lowest BCUT2D eigenvalue weighted by atomic mass is 10.1. The van der Waals surface area contributed by atoms with Crippen molar-refractivity contribution >= 4 is 17.4 Å². The monoisotopic (exact) mass is 352 g/mol. The van der Waals surface area contributed by atoms with Crippen molar-refractivity contribution < 1.29 is 19.4 Å². The molecule has 26 heavy (non-hydrogen) atoms. The maximum atomic E-state index is 12.7. The lowest BCUT2D eigenvalue weighted by Gasteiger charge is -2.14. The van der Waals surface area contributed by atoms with E-state index in [1.165, 1.54) is 0 Å². The van der Waals surface area contributed by atoms with Gasteiger partial charge in [0.25, 0.3) is 11.8 Å². The van der Waals surface area contributed by atoms with Gasteiger partial charge in [-0.15, -0.1) is 0 Å². The average molecular weight is 352 g/mol. The molecule has 0 saturated heterocycles. The SMILES string of the molecule is CC(C)COc1ccc(C2=C(O)C(=O)N(Cc3cccnc3)C2=O)cc1. The molecule has 0 fully saturated rings. The van der Waals surface area contributed by atoms with Crippen LogP contribution in [0.25, 0.3) is 5.57 Å². The molecule has 0 spiro atoms. The number of aliphatic hydroxyl groups is 1. The highest BCUT2D eigenvalue weighted by atomic mass is 16.5. The van der Waals surface area contributed by atoms with Gasteiger partial charge in [-0.2, -0.15) is 0 Å². The Balaban J connectivity index is 1.79. The Morgan fingerprint density at radius 1 is 1.12 bits per heavy atom. The van der Waals surface area contributed by atoms with E-state index >= 15 is 0 Å². The lowest BCUT2D eigenvalue weighted by molar-refractivity contribution is -0.138. The zero-order valence-electron chi connectivity index (χ0n) is 14.7. The molecule has 0 saturated carbocycles. The van der Waals surface area contributed by atoms with Gasteiger partial charge in [0.2, 0.25) is 0 Å². The summed E-state index contributed by atoms with van der Waals surface area (Å²) in [6.07, 6.45) is 3.19. The van der Waals surface area contributed by atoms with Crippen LogP contribution in [-0.2, 0) is 16.1 Å². The van der Waals surface area contributed by atoms with Crippen molar-refractivity contribution in [2.75, 3.05) is 6.61 Å². The Hall–Kier alpha value is -3.15. The van der Waals surface area contributed by atoms with Gasteiger partial charge in [0, 0.05) is 12.4 Å². The molecule has 1 aromatic heterocycles. The molecule has 134 valence electrons. The third-order valence-electron chi connectivity index (χ3n) is 3.93. The molecule has 1 N–H and O–H groups in total. The molecule has 2 heterocycles. The van der Waals surface area contributed by atoms with Gasteiger partial charge in [0.05, 0.1) is 18.7 Å². The van der Waals surface area contributed by atoms with Crippen LogP contribution in [0, 0.1) is 5.92 Å². The number of benzene rings is 1. The Kier molecular flexibility index (Phi) is 5.02. The maximum Gasteiger partial charge on any atom is 0.296 e. The first-order chi connectivity index (χ1) is 12.5. The van der Waals surface area contributed by atoms with Gasteiger partial charge in [0.15, 0.2) is 5.76 Å². The Morgan fingerprint density at radius 2 is 1.85 bits per heavy atom. The molecular formula is C20H20N2O4. The number of hydrogen-bond donors (Lipinski definition) is 1. The number of imide groups is 1. The summed E-state index contributed by atoms with van der Waals surface area (Å²) in [5.41, 5.74) is 1.20. The van der Waals surface area contributed by atoms with Crippen LogP contribution in [0.1, 0.15) is 25.0 Å². The van der Waals surface area contributed by atoms with E-state index in [1.807, 2.05) is 0 Å². The number of carbonyl (C=O) groups excluding carboxylic acids is 2. The smallest absolute Gasteiger partial charge is 0.296 e. The lowest BCUT2D eigenvalue weighted by Crippen LogP contribution is -2.31. The Labute approximate surface area is 151 Å². The summed E-state index contributed by atoms with van der Waals surface area (Å²) in [5.74, 6) is -0.682. The number of hydrogen-bond acceptors (Lipinski definition) is 5. The molecule has 0 bridgehead atoms. The van der Waals surface area contributed by atoms with E-state index in [4.69, 9.17) is 4.74 Å². The van der Waals surface area contributed by atoms with Crippen molar-refractivity contribution in [1.29, 1.82) is 0 Å².